The van der Waals surface area contributed by atoms with E-state index in [4.69, 9.17) is 0 Å². The summed E-state index contributed by atoms with van der Waals surface area (Å²) in [5.41, 5.74) is 39.5. The Kier molecular flexibility index (Phi) is 74.7. The van der Waals surface area contributed by atoms with Crippen LogP contribution in [0.3, 0.4) is 0 Å². The van der Waals surface area contributed by atoms with Gasteiger partial charge < -0.3 is 0 Å². The van der Waals surface area contributed by atoms with E-state index in [1.54, 1.807) is 111 Å². The van der Waals surface area contributed by atoms with Crippen molar-refractivity contribution in [3.63, 3.8) is 0 Å². The Labute approximate surface area is 936 Å². The van der Waals surface area contributed by atoms with E-state index in [0.29, 0.717) is 41.4 Å². The summed E-state index contributed by atoms with van der Waals surface area (Å²) in [5, 5.41) is 0. The molecule has 1 unspecified atom stereocenters. The monoisotopic (exact) mass is 2050 g/mol. The van der Waals surface area contributed by atoms with E-state index in [-0.39, 0.29) is 0 Å². The van der Waals surface area contributed by atoms with Crippen LogP contribution in [0, 0.1) is 76.9 Å². The van der Waals surface area contributed by atoms with Gasteiger partial charge in [-0.25, -0.2) is 0 Å². The third kappa shape index (κ3) is 62.5. The number of benzene rings is 9. The highest BCUT2D eigenvalue weighted by molar-refractivity contribution is 5.64. The lowest BCUT2D eigenvalue weighted by Gasteiger charge is -2.21. The summed E-state index contributed by atoms with van der Waals surface area (Å²) in [6, 6.07) is 68.1. The van der Waals surface area contributed by atoms with Crippen LogP contribution < -0.4 is 0 Å². The van der Waals surface area contributed by atoms with Gasteiger partial charge in [0.05, 0.1) is 0 Å². The van der Waals surface area contributed by atoms with Crippen molar-refractivity contribution < 1.29 is 0 Å². The predicted octanol–water partition coefficient (Wildman–Crippen LogP) is 46.8. The highest BCUT2D eigenvalue weighted by Crippen LogP contribution is 2.40. The number of aryl methyl sites for hydroxylation is 10. The van der Waals surface area contributed by atoms with Crippen molar-refractivity contribution in [2.45, 2.75) is 539 Å². The van der Waals surface area contributed by atoms with E-state index in [1.165, 1.54) is 208 Å². The molecule has 9 aromatic carbocycles. The van der Waals surface area contributed by atoms with Gasteiger partial charge in [-0.1, -0.05) is 505 Å². The minimum Gasteiger partial charge on any atom is -0.0630 e. The molecule has 150 heavy (non-hydrogen) atoms. The lowest BCUT2D eigenvalue weighted by molar-refractivity contribution is 0.404. The molecule has 0 heteroatoms. The molecule has 0 heterocycles. The summed E-state index contributed by atoms with van der Waals surface area (Å²) in [7, 11) is 0. The molecule has 18 rings (SSSR count). The molecule has 0 N–H and O–H groups in total. The van der Waals surface area contributed by atoms with E-state index in [2.05, 4.69) is 500 Å². The molecule has 0 radical (unpaired) electrons. The lowest BCUT2D eigenvalue weighted by Crippen LogP contribution is -2.07. The molecule has 0 amide bonds. The topological polar surface area (TPSA) is 0 Å². The van der Waals surface area contributed by atoms with Crippen LogP contribution >= 0.6 is 0 Å². The van der Waals surface area contributed by atoms with Crippen LogP contribution in [0.5, 0.6) is 0 Å². The Morgan fingerprint density at radius 2 is 0.427 bits per heavy atom. The van der Waals surface area contributed by atoms with Crippen molar-refractivity contribution in [1.82, 2.24) is 0 Å². The standard InChI is InChI=1S/6C13H18.C12H16.C12H14.C12H16.9C4H10/c3*1-10(2)12-9-5-7-11-6-3-4-8-13(11)12;3*1-10(2)12-8-7-11-5-3-4-6-13(11)9-12;2*1-9(2)12-7-10-5-3-4-6-11(10)8-12;1-9(2)11-8-7-10-5-3-4-6-12(10)11;9*1-4(2)3/h3*5,7,9-10H,3-4,6,8H2,1-2H3;3*7-10H,3-6H2,1-2H3;3-6,9,12H,7-8H2,1-2H3;3-7,9H,8H2,1-2H3;3-6,9,11H,7-8H2,1-2H3;9*4H,1-3H3. The van der Waals surface area contributed by atoms with Gasteiger partial charge in [0.15, 0.2) is 0 Å². The number of allylic oxidation sites excluding steroid dienone is 1. The number of rotatable bonds is 9. The fourth-order valence-corrected chi connectivity index (χ4v) is 19.4. The first-order valence-corrected chi connectivity index (χ1v) is 62.2. The zero-order chi connectivity index (χ0) is 113. The normalized spacial score (nSPS) is 14.7. The third-order valence-corrected chi connectivity index (χ3v) is 26.8. The Hall–Kier alpha value is -7.28. The molecule has 0 nitrogen and oxygen atoms in total. The summed E-state index contributed by atoms with van der Waals surface area (Å²) in [5.74, 6) is 15.6. The highest BCUT2D eigenvalue weighted by atomic mass is 14.3. The smallest absolute Gasteiger partial charge is 0.00553 e. The average Bonchev–Trinajstić information content (AvgIpc) is 1.50. The number of hydrogen-bond donors (Lipinski definition) is 0. The zero-order valence-electron chi connectivity index (χ0n) is 107. The van der Waals surface area contributed by atoms with E-state index in [0.717, 1.165) is 83.4 Å². The fraction of sp³-hybridized carbons (Fsp3) is 0.627. The fourth-order valence-electron chi connectivity index (χ4n) is 19.4. The molecule has 9 aromatic rings. The van der Waals surface area contributed by atoms with Gasteiger partial charge >= 0.3 is 0 Å². The second kappa shape index (κ2) is 79.6. The van der Waals surface area contributed by atoms with E-state index < -0.39 is 0 Å². The van der Waals surface area contributed by atoms with E-state index >= 15 is 0 Å². The maximum absolute atomic E-state index is 2.42. The molecule has 0 bridgehead atoms. The molecule has 0 fully saturated rings. The van der Waals surface area contributed by atoms with Crippen LogP contribution in [0.2, 0.25) is 0 Å². The average molecular weight is 2050 g/mol. The van der Waals surface area contributed by atoms with Gasteiger partial charge in [-0.15, -0.1) is 0 Å². The van der Waals surface area contributed by atoms with Crippen LogP contribution in [-0.4, -0.2) is 0 Å². The SMILES string of the molecule is CC(C)C.CC(C)C.CC(C)C.CC(C)C.CC(C)C.CC(C)C.CC(C)C.CC(C)C.CC(C)C.CC(C)C1=Cc2ccccc2C1.CC(C)C1CCc2ccccc21.CC(C)C1Cc2ccccc2C1.CC(C)c1ccc2c(c1)CCCC2.CC(C)c1ccc2c(c1)CCCC2.CC(C)c1ccc2c(c1)CCCC2.CC(C)c1cccc2c1CCCC2.CC(C)c1cccc2c1CCCC2.CC(C)c1cccc2c1CCCC2. The predicted molar refractivity (Wildman–Crippen MR) is 685 cm³/mol. The summed E-state index contributed by atoms with van der Waals surface area (Å²) in [6.45, 7) is 99.7. The van der Waals surface area contributed by atoms with Crippen LogP contribution in [0.1, 0.15) is 570 Å². The van der Waals surface area contributed by atoms with Crippen molar-refractivity contribution in [1.29, 1.82) is 0 Å². The highest BCUT2D eigenvalue weighted by Gasteiger charge is 2.26. The minimum absolute atomic E-state index is 0.673. The molecule has 9 aliphatic carbocycles. The van der Waals surface area contributed by atoms with Crippen LogP contribution in [0.25, 0.3) is 6.08 Å². The summed E-state index contributed by atoms with van der Waals surface area (Å²) < 4.78 is 0. The van der Waals surface area contributed by atoms with Gasteiger partial charge in [-0.05, 0) is 438 Å². The zero-order valence-corrected chi connectivity index (χ0v) is 107. The lowest BCUT2D eigenvalue weighted by atomic mass is 9.85. The van der Waals surface area contributed by atoms with Gasteiger partial charge in [-0.2, -0.15) is 0 Å². The molecule has 9 aliphatic rings. The summed E-state index contributed by atoms with van der Waals surface area (Å²) >= 11 is 0. The van der Waals surface area contributed by atoms with Crippen molar-refractivity contribution in [3.8, 4) is 0 Å². The van der Waals surface area contributed by atoms with Crippen LogP contribution in [-0.2, 0) is 103 Å². The number of hydrogen-bond acceptors (Lipinski definition) is 0. The van der Waals surface area contributed by atoms with Gasteiger partial charge in [-0.3, -0.25) is 0 Å². The Morgan fingerprint density at radius 1 is 0.187 bits per heavy atom. The van der Waals surface area contributed by atoms with Gasteiger partial charge in [0.1, 0.15) is 0 Å². The molecule has 0 aliphatic heterocycles. The molecular formula is C150H244. The van der Waals surface area contributed by atoms with Crippen molar-refractivity contribution >= 4 is 6.08 Å². The quantitative estimate of drug-likeness (QED) is 0.135. The van der Waals surface area contributed by atoms with Crippen molar-refractivity contribution in [3.05, 3.63) is 321 Å². The van der Waals surface area contributed by atoms with Crippen molar-refractivity contribution in [2.24, 2.45) is 76.9 Å². The number of fused-ring (bicyclic) bond motifs is 9. The molecule has 0 spiro atoms. The Morgan fingerprint density at radius 3 is 0.680 bits per heavy atom. The summed E-state index contributed by atoms with van der Waals surface area (Å²) in [6.07, 6.45) is 41.0. The molecule has 0 saturated carbocycles. The Balaban J connectivity index is 0.000000811. The Bertz CT molecular complexity index is 4500. The van der Waals surface area contributed by atoms with E-state index in [1.807, 2.05) is 0 Å². The second-order valence-corrected chi connectivity index (χ2v) is 53.8. The molecule has 0 aromatic heterocycles. The van der Waals surface area contributed by atoms with Crippen LogP contribution in [0.4, 0.5) is 0 Å². The first-order chi connectivity index (χ1) is 70.6. The van der Waals surface area contributed by atoms with Crippen LogP contribution in [0.15, 0.2) is 188 Å². The van der Waals surface area contributed by atoms with Gasteiger partial charge in [0.2, 0.25) is 0 Å². The van der Waals surface area contributed by atoms with Gasteiger partial charge in [0.25, 0.3) is 0 Å². The maximum Gasteiger partial charge on any atom is -0.00553 e. The minimum atomic E-state index is 0.673. The second-order valence-electron chi connectivity index (χ2n) is 53.8. The molecule has 844 valence electrons. The van der Waals surface area contributed by atoms with Crippen molar-refractivity contribution in [2.75, 3.05) is 0 Å². The molecule has 1 atom stereocenters. The third-order valence-electron chi connectivity index (χ3n) is 26.8. The first-order valence-electron chi connectivity index (χ1n) is 62.2. The van der Waals surface area contributed by atoms with Gasteiger partial charge in [0, 0.05) is 0 Å². The maximum atomic E-state index is 2.42. The first kappa shape index (κ1) is 141. The van der Waals surface area contributed by atoms with E-state index in [9.17, 15) is 0 Å². The summed E-state index contributed by atoms with van der Waals surface area (Å²) in [4.78, 5) is 0. The largest absolute Gasteiger partial charge is 0.0630 e. The molecular weight excluding hydrogens is 1800 g/mol. The molecule has 0 saturated heterocycles.